The molecular weight excluding hydrogens is 214 g/mol. The van der Waals surface area contributed by atoms with Gasteiger partial charge in [-0.15, -0.1) is 0 Å². The van der Waals surface area contributed by atoms with Gasteiger partial charge in [-0.05, 0) is 19.4 Å². The third kappa shape index (κ3) is 2.86. The first-order chi connectivity index (χ1) is 7.97. The van der Waals surface area contributed by atoms with Crippen molar-refractivity contribution < 1.29 is 9.90 Å². The van der Waals surface area contributed by atoms with Crippen LogP contribution >= 0.6 is 0 Å². The maximum atomic E-state index is 11.9. The maximum Gasteiger partial charge on any atom is 0.223 e. The molecule has 1 fully saturated rings. The van der Waals surface area contributed by atoms with E-state index in [2.05, 4.69) is 0 Å². The van der Waals surface area contributed by atoms with Crippen LogP contribution in [0.25, 0.3) is 0 Å². The highest BCUT2D eigenvalue weighted by Gasteiger charge is 2.37. The van der Waals surface area contributed by atoms with E-state index in [1.54, 1.807) is 13.8 Å². The summed E-state index contributed by atoms with van der Waals surface area (Å²) in [7, 11) is 0. The Morgan fingerprint density at radius 1 is 1.35 bits per heavy atom. The summed E-state index contributed by atoms with van der Waals surface area (Å²) in [6.07, 6.45) is 0.455. The van der Waals surface area contributed by atoms with Gasteiger partial charge in [-0.2, -0.15) is 0 Å². The zero-order valence-corrected chi connectivity index (χ0v) is 10.4. The molecule has 92 valence electrons. The topological polar surface area (TPSA) is 40.5 Å². The summed E-state index contributed by atoms with van der Waals surface area (Å²) in [6.45, 7) is 4.84. The van der Waals surface area contributed by atoms with Gasteiger partial charge < -0.3 is 10.0 Å². The van der Waals surface area contributed by atoms with Crippen molar-refractivity contribution in [3.8, 4) is 0 Å². The average molecular weight is 233 g/mol. The SMILES string of the molecule is CC(C)(O)C1CC(=O)N(Cc2ccccc2)C1. The minimum absolute atomic E-state index is 0.0405. The van der Waals surface area contributed by atoms with E-state index in [0.717, 1.165) is 5.56 Å². The number of hydrogen-bond donors (Lipinski definition) is 1. The third-order valence-electron chi connectivity index (χ3n) is 3.43. The summed E-state index contributed by atoms with van der Waals surface area (Å²) in [5, 5.41) is 9.94. The van der Waals surface area contributed by atoms with Gasteiger partial charge in [0.2, 0.25) is 5.91 Å². The molecule has 0 bridgehead atoms. The molecule has 3 nitrogen and oxygen atoms in total. The van der Waals surface area contributed by atoms with Gasteiger partial charge in [-0.1, -0.05) is 30.3 Å². The van der Waals surface area contributed by atoms with Crippen molar-refractivity contribution in [2.45, 2.75) is 32.4 Å². The fraction of sp³-hybridized carbons (Fsp3) is 0.500. The van der Waals surface area contributed by atoms with Crippen molar-refractivity contribution in [3.63, 3.8) is 0 Å². The molecule has 1 aromatic carbocycles. The summed E-state index contributed by atoms with van der Waals surface area (Å²) in [6, 6.07) is 9.96. The van der Waals surface area contributed by atoms with Crippen molar-refractivity contribution in [1.82, 2.24) is 4.90 Å². The van der Waals surface area contributed by atoms with Crippen LogP contribution in [0, 0.1) is 5.92 Å². The van der Waals surface area contributed by atoms with E-state index in [1.165, 1.54) is 0 Å². The molecule has 0 aliphatic carbocycles. The molecule has 1 N–H and O–H groups in total. The van der Waals surface area contributed by atoms with Crippen LogP contribution in [0.3, 0.4) is 0 Å². The number of rotatable bonds is 3. The second-order valence-electron chi connectivity index (χ2n) is 5.31. The van der Waals surface area contributed by atoms with Crippen molar-refractivity contribution in [2.75, 3.05) is 6.54 Å². The Morgan fingerprint density at radius 2 is 2.00 bits per heavy atom. The summed E-state index contributed by atoms with van der Waals surface area (Å²) in [5.74, 6) is 0.180. The first-order valence-electron chi connectivity index (χ1n) is 6.01. The fourth-order valence-electron chi connectivity index (χ4n) is 2.20. The fourth-order valence-corrected chi connectivity index (χ4v) is 2.20. The molecule has 17 heavy (non-hydrogen) atoms. The van der Waals surface area contributed by atoms with Crippen LogP contribution in [0.4, 0.5) is 0 Å². The summed E-state index contributed by atoms with van der Waals surface area (Å²) < 4.78 is 0. The number of hydrogen-bond acceptors (Lipinski definition) is 2. The molecule has 1 amide bonds. The highest BCUT2D eigenvalue weighted by Crippen LogP contribution is 2.28. The Kier molecular flexibility index (Phi) is 3.20. The lowest BCUT2D eigenvalue weighted by Crippen LogP contribution is -2.33. The molecule has 0 saturated carbocycles. The summed E-state index contributed by atoms with van der Waals surface area (Å²) in [4.78, 5) is 13.7. The lowest BCUT2D eigenvalue weighted by Gasteiger charge is -2.25. The number of nitrogens with zero attached hydrogens (tertiary/aromatic N) is 1. The molecule has 0 radical (unpaired) electrons. The van der Waals surface area contributed by atoms with Gasteiger partial charge in [0, 0.05) is 25.4 Å². The molecule has 1 saturated heterocycles. The Hall–Kier alpha value is -1.35. The van der Waals surface area contributed by atoms with Crippen LogP contribution in [-0.4, -0.2) is 28.1 Å². The predicted octanol–water partition coefficient (Wildman–Crippen LogP) is 1.81. The van der Waals surface area contributed by atoms with Gasteiger partial charge in [-0.3, -0.25) is 4.79 Å². The number of benzene rings is 1. The Morgan fingerprint density at radius 3 is 2.53 bits per heavy atom. The molecule has 1 heterocycles. The molecule has 1 unspecified atom stereocenters. The van der Waals surface area contributed by atoms with Crippen LogP contribution in [0.5, 0.6) is 0 Å². The van der Waals surface area contributed by atoms with Gasteiger partial charge in [0.15, 0.2) is 0 Å². The van der Waals surface area contributed by atoms with Crippen LogP contribution < -0.4 is 0 Å². The van der Waals surface area contributed by atoms with Crippen molar-refractivity contribution >= 4 is 5.91 Å². The largest absolute Gasteiger partial charge is 0.390 e. The minimum Gasteiger partial charge on any atom is -0.390 e. The quantitative estimate of drug-likeness (QED) is 0.865. The van der Waals surface area contributed by atoms with E-state index >= 15 is 0 Å². The lowest BCUT2D eigenvalue weighted by atomic mass is 9.90. The highest BCUT2D eigenvalue weighted by atomic mass is 16.3. The normalized spacial score (nSPS) is 21.0. The Bertz CT molecular complexity index is 394. The van der Waals surface area contributed by atoms with Gasteiger partial charge >= 0.3 is 0 Å². The maximum absolute atomic E-state index is 11.9. The van der Waals surface area contributed by atoms with Crippen molar-refractivity contribution in [3.05, 3.63) is 35.9 Å². The van der Waals surface area contributed by atoms with Crippen LogP contribution in [0.2, 0.25) is 0 Å². The van der Waals surface area contributed by atoms with E-state index in [0.29, 0.717) is 19.5 Å². The van der Waals surface area contributed by atoms with Crippen molar-refractivity contribution in [1.29, 1.82) is 0 Å². The monoisotopic (exact) mass is 233 g/mol. The van der Waals surface area contributed by atoms with Crippen LogP contribution in [0.15, 0.2) is 30.3 Å². The number of carbonyl (C=O) groups is 1. The van der Waals surface area contributed by atoms with Crippen molar-refractivity contribution in [2.24, 2.45) is 5.92 Å². The van der Waals surface area contributed by atoms with Gasteiger partial charge in [0.25, 0.3) is 0 Å². The van der Waals surface area contributed by atoms with E-state index in [1.807, 2.05) is 35.2 Å². The molecule has 1 aromatic rings. The highest BCUT2D eigenvalue weighted by molar-refractivity contribution is 5.78. The first kappa shape index (κ1) is 12.1. The zero-order valence-electron chi connectivity index (χ0n) is 10.4. The van der Waals surface area contributed by atoms with E-state index in [9.17, 15) is 9.90 Å². The molecule has 0 aromatic heterocycles. The number of likely N-dealkylation sites (tertiary alicyclic amines) is 1. The molecule has 1 atom stereocenters. The van der Waals surface area contributed by atoms with Gasteiger partial charge in [0.05, 0.1) is 5.60 Å². The molecule has 1 aliphatic rings. The second kappa shape index (κ2) is 4.49. The molecule has 2 rings (SSSR count). The third-order valence-corrected chi connectivity index (χ3v) is 3.43. The van der Waals surface area contributed by atoms with E-state index in [-0.39, 0.29) is 11.8 Å². The molecule has 0 spiro atoms. The second-order valence-corrected chi connectivity index (χ2v) is 5.31. The summed E-state index contributed by atoms with van der Waals surface area (Å²) in [5.41, 5.74) is 0.360. The Labute approximate surface area is 102 Å². The first-order valence-corrected chi connectivity index (χ1v) is 6.01. The lowest BCUT2D eigenvalue weighted by molar-refractivity contribution is -0.128. The molecular formula is C14H19NO2. The Balaban J connectivity index is 2.02. The van der Waals surface area contributed by atoms with Crippen LogP contribution in [-0.2, 0) is 11.3 Å². The predicted molar refractivity (Wildman–Crippen MR) is 66.3 cm³/mol. The molecule has 1 aliphatic heterocycles. The van der Waals surface area contributed by atoms with E-state index in [4.69, 9.17) is 0 Å². The molecule has 3 heteroatoms. The summed E-state index contributed by atoms with van der Waals surface area (Å²) >= 11 is 0. The number of aliphatic hydroxyl groups is 1. The van der Waals surface area contributed by atoms with Gasteiger partial charge in [-0.25, -0.2) is 0 Å². The van der Waals surface area contributed by atoms with Crippen LogP contribution in [0.1, 0.15) is 25.8 Å². The minimum atomic E-state index is -0.777. The average Bonchev–Trinajstić information content (AvgIpc) is 2.62. The zero-order chi connectivity index (χ0) is 12.5. The van der Waals surface area contributed by atoms with E-state index < -0.39 is 5.60 Å². The standard InChI is InChI=1S/C14H19NO2/c1-14(2,17)12-8-13(16)15(10-12)9-11-6-4-3-5-7-11/h3-7,12,17H,8-10H2,1-2H3. The van der Waals surface area contributed by atoms with Gasteiger partial charge in [0.1, 0.15) is 0 Å². The number of amides is 1. The number of carbonyl (C=O) groups excluding carboxylic acids is 1. The smallest absolute Gasteiger partial charge is 0.223 e.